The van der Waals surface area contributed by atoms with Crippen LogP contribution >= 0.6 is 21.6 Å². The van der Waals surface area contributed by atoms with E-state index in [-0.39, 0.29) is 16.1 Å². The molecule has 6 nitrogen and oxygen atoms in total. The lowest BCUT2D eigenvalue weighted by molar-refractivity contribution is 0.0681. The van der Waals surface area contributed by atoms with Gasteiger partial charge in [0.05, 0.1) is 6.61 Å². The van der Waals surface area contributed by atoms with Crippen molar-refractivity contribution in [1.82, 2.24) is 4.98 Å². The van der Waals surface area contributed by atoms with E-state index >= 15 is 0 Å². The molecule has 0 unspecified atom stereocenters. The van der Waals surface area contributed by atoms with Gasteiger partial charge in [0.1, 0.15) is 5.75 Å². The molecule has 0 amide bonds. The van der Waals surface area contributed by atoms with E-state index in [1.165, 1.54) is 0 Å². The molecule has 1 aromatic heterocycles. The van der Waals surface area contributed by atoms with Crippen LogP contribution in [0.5, 0.6) is 5.75 Å². The van der Waals surface area contributed by atoms with Gasteiger partial charge in [0, 0.05) is 15.9 Å². The summed E-state index contributed by atoms with van der Waals surface area (Å²) in [6.07, 6.45) is 4.58. The first kappa shape index (κ1) is 22.6. The zero-order chi connectivity index (χ0) is 19.9. The van der Waals surface area contributed by atoms with Crippen molar-refractivity contribution >= 4 is 33.5 Å². The summed E-state index contributed by atoms with van der Waals surface area (Å²) in [6.45, 7) is 8.37. The number of carboxylic acid groups (broad SMARTS) is 2. The molecule has 0 saturated carbocycles. The highest BCUT2D eigenvalue weighted by atomic mass is 33.1. The first-order valence-electron chi connectivity index (χ1n) is 8.55. The molecule has 1 heterocycles. The van der Waals surface area contributed by atoms with Crippen LogP contribution in [0.15, 0.2) is 0 Å². The highest BCUT2D eigenvalue weighted by Crippen LogP contribution is 2.37. The summed E-state index contributed by atoms with van der Waals surface area (Å²) < 4.78 is 6.03. The van der Waals surface area contributed by atoms with Gasteiger partial charge in [-0.15, -0.1) is 0 Å². The predicted octanol–water partition coefficient (Wildman–Crippen LogP) is 4.55. The Labute approximate surface area is 162 Å². The fourth-order valence-electron chi connectivity index (χ4n) is 2.77. The van der Waals surface area contributed by atoms with Gasteiger partial charge in [-0.1, -0.05) is 35.4 Å². The molecule has 8 heteroatoms. The van der Waals surface area contributed by atoms with Crippen molar-refractivity contribution in [1.29, 1.82) is 0 Å². The van der Waals surface area contributed by atoms with Gasteiger partial charge in [0.2, 0.25) is 0 Å². The number of aromatic nitrogens is 1. The summed E-state index contributed by atoms with van der Waals surface area (Å²) in [4.78, 5) is 26.9. The Balaban J connectivity index is 3.14. The van der Waals surface area contributed by atoms with Gasteiger partial charge >= 0.3 is 11.9 Å². The SMILES string of the molecule is CCc1c(C(=O)O)nc(C(=O)O)c(CC)c1OCCCC(C)(C)SSC. The number of hydrogen-bond acceptors (Lipinski definition) is 6. The van der Waals surface area contributed by atoms with Crippen molar-refractivity contribution < 1.29 is 24.5 Å². The van der Waals surface area contributed by atoms with Crippen molar-refractivity contribution in [3.05, 3.63) is 22.5 Å². The summed E-state index contributed by atoms with van der Waals surface area (Å²) in [5.41, 5.74) is 0.430. The Morgan fingerprint density at radius 3 is 1.96 bits per heavy atom. The van der Waals surface area contributed by atoms with E-state index in [9.17, 15) is 19.8 Å². The minimum absolute atomic E-state index is 0.112. The summed E-state index contributed by atoms with van der Waals surface area (Å²) in [5.74, 6) is -2.11. The van der Waals surface area contributed by atoms with Gasteiger partial charge in [0.15, 0.2) is 11.4 Å². The van der Waals surface area contributed by atoms with E-state index < -0.39 is 11.9 Å². The zero-order valence-corrected chi connectivity index (χ0v) is 17.6. The Morgan fingerprint density at radius 1 is 1.08 bits per heavy atom. The third-order valence-electron chi connectivity index (χ3n) is 3.93. The van der Waals surface area contributed by atoms with Crippen LogP contribution in [-0.2, 0) is 12.8 Å². The van der Waals surface area contributed by atoms with E-state index in [0.29, 0.717) is 36.3 Å². The van der Waals surface area contributed by atoms with Crippen molar-refractivity contribution in [3.8, 4) is 5.75 Å². The highest BCUT2D eigenvalue weighted by molar-refractivity contribution is 8.76. The summed E-state index contributed by atoms with van der Waals surface area (Å²) in [7, 11) is 3.53. The van der Waals surface area contributed by atoms with Gasteiger partial charge in [-0.25, -0.2) is 14.6 Å². The van der Waals surface area contributed by atoms with Gasteiger partial charge < -0.3 is 14.9 Å². The number of rotatable bonds is 11. The van der Waals surface area contributed by atoms with Crippen LogP contribution in [0, 0.1) is 0 Å². The van der Waals surface area contributed by atoms with E-state index in [4.69, 9.17) is 4.74 Å². The number of nitrogens with zero attached hydrogens (tertiary/aromatic N) is 1. The molecule has 0 aliphatic rings. The maximum absolute atomic E-state index is 11.5. The minimum Gasteiger partial charge on any atom is -0.493 e. The average molecular weight is 402 g/mol. The molecule has 1 rings (SSSR count). The molecule has 0 aliphatic carbocycles. The summed E-state index contributed by atoms with van der Waals surface area (Å²) in [6, 6.07) is 0. The van der Waals surface area contributed by atoms with Crippen LogP contribution in [0.2, 0.25) is 0 Å². The quantitative estimate of drug-likeness (QED) is 0.412. The zero-order valence-electron chi connectivity index (χ0n) is 15.9. The highest BCUT2D eigenvalue weighted by Gasteiger charge is 2.26. The number of pyridine rings is 1. The number of aromatic carboxylic acids is 2. The molecule has 0 radical (unpaired) electrons. The monoisotopic (exact) mass is 401 g/mol. The van der Waals surface area contributed by atoms with Crippen LogP contribution in [-0.4, -0.2) is 44.7 Å². The summed E-state index contributed by atoms with van der Waals surface area (Å²) in [5, 5.41) is 18.8. The molecule has 0 bridgehead atoms. The maximum atomic E-state index is 11.5. The number of carbonyl (C=O) groups is 2. The number of carboxylic acids is 2. The molecule has 0 saturated heterocycles. The van der Waals surface area contributed by atoms with Gasteiger partial charge in [-0.2, -0.15) is 0 Å². The molecule has 1 aromatic rings. The first-order chi connectivity index (χ1) is 12.2. The lowest BCUT2D eigenvalue weighted by atomic mass is 10.0. The fourth-order valence-corrected chi connectivity index (χ4v) is 5.05. The predicted molar refractivity (Wildman–Crippen MR) is 107 cm³/mol. The number of hydrogen-bond donors (Lipinski definition) is 2. The molecular weight excluding hydrogens is 374 g/mol. The van der Waals surface area contributed by atoms with E-state index in [0.717, 1.165) is 12.8 Å². The second-order valence-electron chi connectivity index (χ2n) is 6.37. The standard InChI is InChI=1S/C18H27NO5S2/c1-6-11-13(16(20)21)19-14(17(22)23)12(7-2)15(11)24-10-8-9-18(3,4)26-25-5/h6-10H2,1-5H3,(H,20,21)(H,22,23). The number of ether oxygens (including phenoxy) is 1. The van der Waals surface area contributed by atoms with Gasteiger partial charge in [0.25, 0.3) is 0 Å². The lowest BCUT2D eigenvalue weighted by Gasteiger charge is -2.23. The van der Waals surface area contributed by atoms with Crippen LogP contribution in [0.4, 0.5) is 0 Å². The van der Waals surface area contributed by atoms with Crippen molar-refractivity contribution in [2.24, 2.45) is 0 Å². The molecule has 146 valence electrons. The lowest BCUT2D eigenvalue weighted by Crippen LogP contribution is -2.18. The van der Waals surface area contributed by atoms with Gasteiger partial charge in [-0.3, -0.25) is 0 Å². The molecule has 26 heavy (non-hydrogen) atoms. The molecule has 0 aliphatic heterocycles. The smallest absolute Gasteiger partial charge is 0.354 e. The van der Waals surface area contributed by atoms with Crippen LogP contribution in [0.25, 0.3) is 0 Å². The second-order valence-corrected chi connectivity index (χ2v) is 9.48. The van der Waals surface area contributed by atoms with Crippen LogP contribution in [0.3, 0.4) is 0 Å². The fraction of sp³-hybridized carbons (Fsp3) is 0.611. The molecular formula is C18H27NO5S2. The van der Waals surface area contributed by atoms with Gasteiger partial charge in [-0.05, 0) is 45.8 Å². The second kappa shape index (κ2) is 10.1. The molecule has 2 N–H and O–H groups in total. The average Bonchev–Trinajstić information content (AvgIpc) is 2.56. The minimum atomic E-state index is -1.24. The third-order valence-corrected chi connectivity index (χ3v) is 6.61. The van der Waals surface area contributed by atoms with Crippen molar-refractivity contribution in [2.45, 2.75) is 58.1 Å². The maximum Gasteiger partial charge on any atom is 0.354 e. The molecule has 0 atom stereocenters. The van der Waals surface area contributed by atoms with E-state index in [2.05, 4.69) is 18.8 Å². The Kier molecular flexibility index (Phi) is 8.76. The van der Waals surface area contributed by atoms with E-state index in [1.54, 1.807) is 21.6 Å². The normalized spacial score (nSPS) is 11.4. The first-order valence-corrected chi connectivity index (χ1v) is 11.1. The largest absolute Gasteiger partial charge is 0.493 e. The third kappa shape index (κ3) is 5.81. The molecule has 0 fully saturated rings. The van der Waals surface area contributed by atoms with Crippen LogP contribution in [0.1, 0.15) is 72.6 Å². The summed E-state index contributed by atoms with van der Waals surface area (Å²) >= 11 is 0. The Morgan fingerprint density at radius 2 is 1.58 bits per heavy atom. The van der Waals surface area contributed by atoms with E-state index in [1.807, 2.05) is 20.1 Å². The Hall–Kier alpha value is -1.41. The van der Waals surface area contributed by atoms with Crippen molar-refractivity contribution in [2.75, 3.05) is 12.9 Å². The van der Waals surface area contributed by atoms with Crippen molar-refractivity contribution in [3.63, 3.8) is 0 Å². The van der Waals surface area contributed by atoms with Crippen LogP contribution < -0.4 is 4.74 Å². The molecule has 0 aromatic carbocycles. The Bertz CT molecular complexity index is 621. The molecule has 0 spiro atoms. The topological polar surface area (TPSA) is 96.7 Å².